The summed E-state index contributed by atoms with van der Waals surface area (Å²) in [6, 6.07) is 10.4. The molecule has 2 heterocycles. The predicted octanol–water partition coefficient (Wildman–Crippen LogP) is 3.10. The van der Waals surface area contributed by atoms with Crippen molar-refractivity contribution in [2.45, 2.75) is 17.3 Å². The summed E-state index contributed by atoms with van der Waals surface area (Å²) in [4.78, 5) is 33.3. The number of amides is 1. The Morgan fingerprint density at radius 3 is 2.76 bits per heavy atom. The second-order valence-electron chi connectivity index (χ2n) is 5.39. The van der Waals surface area contributed by atoms with Gasteiger partial charge in [-0.15, -0.1) is 0 Å². The minimum absolute atomic E-state index is 0.139. The maximum Gasteiger partial charge on any atom is 0.261 e. The Bertz CT molecular complexity index is 988. The maximum atomic E-state index is 12.4. The van der Waals surface area contributed by atoms with E-state index >= 15 is 0 Å². The van der Waals surface area contributed by atoms with E-state index in [4.69, 9.17) is 11.6 Å². The fourth-order valence-electron chi connectivity index (χ4n) is 2.19. The van der Waals surface area contributed by atoms with Crippen LogP contribution in [0.3, 0.4) is 0 Å². The van der Waals surface area contributed by atoms with Crippen molar-refractivity contribution >= 4 is 46.0 Å². The number of carbonyl (C=O) groups is 1. The van der Waals surface area contributed by atoms with Gasteiger partial charge in [0.25, 0.3) is 5.56 Å². The molecule has 1 atom stereocenters. The zero-order valence-corrected chi connectivity index (χ0v) is 15.1. The van der Waals surface area contributed by atoms with Gasteiger partial charge in [-0.3, -0.25) is 14.2 Å². The molecule has 0 saturated heterocycles. The summed E-state index contributed by atoms with van der Waals surface area (Å²) < 4.78 is 1.46. The van der Waals surface area contributed by atoms with E-state index in [0.717, 1.165) is 0 Å². The number of rotatable bonds is 4. The number of hydrogen-bond donors (Lipinski definition) is 1. The Hall–Kier alpha value is -2.38. The van der Waals surface area contributed by atoms with Crippen molar-refractivity contribution in [3.63, 3.8) is 0 Å². The summed E-state index contributed by atoms with van der Waals surface area (Å²) in [5.74, 6) is 0.185. The minimum Gasteiger partial charge on any atom is -0.310 e. The van der Waals surface area contributed by atoms with Crippen LogP contribution in [0.15, 0.2) is 52.5 Å². The fourth-order valence-corrected chi connectivity index (χ4v) is 3.18. The number of fused-ring (bicyclic) bond motifs is 1. The maximum absolute atomic E-state index is 12.4. The Balaban J connectivity index is 1.80. The predicted molar refractivity (Wildman–Crippen MR) is 100 cm³/mol. The Labute approximate surface area is 153 Å². The summed E-state index contributed by atoms with van der Waals surface area (Å²) in [5, 5.41) is 3.78. The first-order chi connectivity index (χ1) is 12.0. The topological polar surface area (TPSA) is 76.9 Å². The van der Waals surface area contributed by atoms with Crippen molar-refractivity contribution in [1.29, 1.82) is 0 Å². The van der Waals surface area contributed by atoms with Crippen molar-refractivity contribution < 1.29 is 4.79 Å². The number of carbonyl (C=O) groups excluding carboxylic acids is 1. The molecular formula is C17H15ClN4O2S. The lowest BCUT2D eigenvalue weighted by atomic mass is 10.2. The first-order valence-electron chi connectivity index (χ1n) is 7.50. The molecule has 0 fully saturated rings. The van der Waals surface area contributed by atoms with Crippen LogP contribution in [0, 0.1) is 0 Å². The molecule has 128 valence electrons. The summed E-state index contributed by atoms with van der Waals surface area (Å²) in [7, 11) is 1.65. The highest BCUT2D eigenvalue weighted by molar-refractivity contribution is 8.00. The molecule has 0 aliphatic heterocycles. The molecule has 0 radical (unpaired) electrons. The molecule has 3 aromatic rings. The van der Waals surface area contributed by atoms with Gasteiger partial charge in [-0.1, -0.05) is 35.5 Å². The van der Waals surface area contributed by atoms with E-state index in [-0.39, 0.29) is 11.5 Å². The molecule has 1 N–H and O–H groups in total. The zero-order chi connectivity index (χ0) is 18.0. The number of hydrogen-bond acceptors (Lipinski definition) is 5. The lowest BCUT2D eigenvalue weighted by molar-refractivity contribution is -0.115. The molecular weight excluding hydrogens is 360 g/mol. The van der Waals surface area contributed by atoms with Gasteiger partial charge in [-0.2, -0.15) is 0 Å². The van der Waals surface area contributed by atoms with Gasteiger partial charge in [0.15, 0.2) is 5.16 Å². The first kappa shape index (κ1) is 17.4. The summed E-state index contributed by atoms with van der Waals surface area (Å²) in [6.45, 7) is 1.75. The number of thioether (sulfide) groups is 1. The van der Waals surface area contributed by atoms with Crippen molar-refractivity contribution in [2.75, 3.05) is 5.32 Å². The molecule has 0 bridgehead atoms. The number of anilines is 1. The SMILES string of the molecule is CC(Sc1nc2ccccc2c(=O)n1C)C(=O)Nc1ccc(Cl)cn1. The minimum atomic E-state index is -0.461. The van der Waals surface area contributed by atoms with Crippen LogP contribution in [-0.4, -0.2) is 25.7 Å². The van der Waals surface area contributed by atoms with Gasteiger partial charge >= 0.3 is 0 Å². The number of benzene rings is 1. The molecule has 0 aliphatic rings. The van der Waals surface area contributed by atoms with Crippen molar-refractivity contribution in [2.24, 2.45) is 7.05 Å². The molecule has 25 heavy (non-hydrogen) atoms. The van der Waals surface area contributed by atoms with Crippen molar-refractivity contribution in [3.8, 4) is 0 Å². The number of aromatic nitrogens is 3. The lowest BCUT2D eigenvalue weighted by Crippen LogP contribution is -2.25. The van der Waals surface area contributed by atoms with Crippen molar-refractivity contribution in [3.05, 3.63) is 58.0 Å². The highest BCUT2D eigenvalue weighted by atomic mass is 35.5. The van der Waals surface area contributed by atoms with Gasteiger partial charge < -0.3 is 5.32 Å². The summed E-state index contributed by atoms with van der Waals surface area (Å²) in [5.41, 5.74) is 0.472. The second kappa shape index (κ2) is 7.25. The Morgan fingerprint density at radius 1 is 1.28 bits per heavy atom. The average molecular weight is 375 g/mol. The van der Waals surface area contributed by atoms with Crippen LogP contribution in [-0.2, 0) is 11.8 Å². The number of pyridine rings is 1. The van der Waals surface area contributed by atoms with Gasteiger partial charge in [0.05, 0.1) is 21.2 Å². The van der Waals surface area contributed by atoms with E-state index in [1.807, 2.05) is 6.07 Å². The van der Waals surface area contributed by atoms with Gasteiger partial charge in [-0.05, 0) is 31.2 Å². The lowest BCUT2D eigenvalue weighted by Gasteiger charge is -2.13. The normalized spacial score (nSPS) is 12.1. The van der Waals surface area contributed by atoms with Crippen LogP contribution in [0.2, 0.25) is 5.02 Å². The largest absolute Gasteiger partial charge is 0.310 e. The number of halogens is 1. The van der Waals surface area contributed by atoms with Gasteiger partial charge in [0.1, 0.15) is 5.82 Å². The van der Waals surface area contributed by atoms with E-state index in [9.17, 15) is 9.59 Å². The molecule has 2 aromatic heterocycles. The van der Waals surface area contributed by atoms with E-state index in [2.05, 4.69) is 15.3 Å². The Kier molecular flexibility index (Phi) is 5.06. The summed E-state index contributed by atoms with van der Waals surface area (Å²) >= 11 is 6.99. The molecule has 1 aromatic carbocycles. The fraction of sp³-hybridized carbons (Fsp3) is 0.176. The second-order valence-corrected chi connectivity index (χ2v) is 7.13. The van der Waals surface area contributed by atoms with E-state index in [1.54, 1.807) is 44.3 Å². The van der Waals surface area contributed by atoms with Gasteiger partial charge in [0, 0.05) is 13.2 Å². The molecule has 0 aliphatic carbocycles. The van der Waals surface area contributed by atoms with Crippen LogP contribution in [0.1, 0.15) is 6.92 Å². The van der Waals surface area contributed by atoms with Crippen LogP contribution < -0.4 is 10.9 Å². The third-order valence-corrected chi connectivity index (χ3v) is 4.94. The van der Waals surface area contributed by atoms with E-state index in [0.29, 0.717) is 26.9 Å². The quantitative estimate of drug-likeness (QED) is 0.561. The molecule has 0 spiro atoms. The molecule has 1 unspecified atom stereocenters. The number of nitrogens with zero attached hydrogens (tertiary/aromatic N) is 3. The van der Waals surface area contributed by atoms with E-state index < -0.39 is 5.25 Å². The highest BCUT2D eigenvalue weighted by Gasteiger charge is 2.18. The first-order valence-corrected chi connectivity index (χ1v) is 8.76. The van der Waals surface area contributed by atoms with Crippen LogP contribution >= 0.6 is 23.4 Å². The van der Waals surface area contributed by atoms with Gasteiger partial charge in [0.2, 0.25) is 5.91 Å². The monoisotopic (exact) mass is 374 g/mol. The highest BCUT2D eigenvalue weighted by Crippen LogP contribution is 2.22. The molecule has 0 saturated carbocycles. The van der Waals surface area contributed by atoms with Gasteiger partial charge in [-0.25, -0.2) is 9.97 Å². The van der Waals surface area contributed by atoms with Crippen LogP contribution in [0.4, 0.5) is 5.82 Å². The standard InChI is InChI=1S/C17H15ClN4O2S/c1-10(15(23)21-14-8-7-11(18)9-19-14)25-17-20-13-6-4-3-5-12(13)16(24)22(17)2/h3-10H,1-2H3,(H,19,21,23). The number of nitrogens with one attached hydrogen (secondary N) is 1. The smallest absolute Gasteiger partial charge is 0.261 e. The van der Waals surface area contributed by atoms with Crippen molar-refractivity contribution in [1.82, 2.24) is 14.5 Å². The third kappa shape index (κ3) is 3.83. The Morgan fingerprint density at radius 2 is 2.04 bits per heavy atom. The third-order valence-electron chi connectivity index (χ3n) is 3.57. The average Bonchev–Trinajstić information content (AvgIpc) is 2.61. The molecule has 3 rings (SSSR count). The molecule has 6 nitrogen and oxygen atoms in total. The van der Waals surface area contributed by atoms with Crippen LogP contribution in [0.25, 0.3) is 10.9 Å². The van der Waals surface area contributed by atoms with E-state index in [1.165, 1.54) is 22.5 Å². The molecule has 8 heteroatoms. The van der Waals surface area contributed by atoms with Crippen LogP contribution in [0.5, 0.6) is 0 Å². The molecule has 1 amide bonds. The zero-order valence-electron chi connectivity index (χ0n) is 13.6. The number of para-hydroxylation sites is 1. The summed E-state index contributed by atoms with van der Waals surface area (Å²) in [6.07, 6.45) is 1.46.